The largest absolute Gasteiger partial charge is 0.381 e. The predicted octanol–water partition coefficient (Wildman–Crippen LogP) is 3.22. The summed E-state index contributed by atoms with van der Waals surface area (Å²) in [6, 6.07) is 0.586. The molecule has 0 bridgehead atoms. The Bertz CT molecular complexity index is 183. The summed E-state index contributed by atoms with van der Waals surface area (Å²) in [5.74, 6) is 0.831. The molecule has 1 rings (SSSR count). The van der Waals surface area contributed by atoms with Crippen molar-refractivity contribution in [3.05, 3.63) is 0 Å². The maximum atomic E-state index is 5.61. The van der Waals surface area contributed by atoms with Crippen LogP contribution in [-0.4, -0.2) is 25.8 Å². The Morgan fingerprint density at radius 3 is 2.50 bits per heavy atom. The summed E-state index contributed by atoms with van der Waals surface area (Å²) in [5, 5.41) is 3.59. The molecule has 2 nitrogen and oxygen atoms in total. The lowest BCUT2D eigenvalue weighted by atomic mass is 9.81. The van der Waals surface area contributed by atoms with Crippen molar-refractivity contribution < 1.29 is 4.74 Å². The number of hydrogen-bond donors (Lipinski definition) is 1. The smallest absolute Gasteiger partial charge is 0.0535 e. The topological polar surface area (TPSA) is 21.3 Å². The summed E-state index contributed by atoms with van der Waals surface area (Å²) >= 11 is 0. The van der Waals surface area contributed by atoms with Gasteiger partial charge >= 0.3 is 0 Å². The average Bonchev–Trinajstić information content (AvgIpc) is 2.64. The van der Waals surface area contributed by atoms with Crippen LogP contribution in [0, 0.1) is 11.3 Å². The second kappa shape index (κ2) is 6.61. The molecule has 1 heterocycles. The van der Waals surface area contributed by atoms with Gasteiger partial charge in [-0.3, -0.25) is 0 Å². The first-order valence-electron chi connectivity index (χ1n) is 6.85. The third-order valence-corrected chi connectivity index (χ3v) is 3.56. The van der Waals surface area contributed by atoms with Crippen LogP contribution in [0.15, 0.2) is 0 Å². The zero-order valence-electron chi connectivity index (χ0n) is 11.5. The Morgan fingerprint density at radius 1 is 1.25 bits per heavy atom. The Labute approximate surface area is 101 Å². The fraction of sp³-hybridized carbons (Fsp3) is 1.00. The fourth-order valence-electron chi connectivity index (χ4n) is 2.38. The molecule has 0 saturated carbocycles. The summed E-state index contributed by atoms with van der Waals surface area (Å²) in [6.45, 7) is 12.1. The molecule has 1 atom stereocenters. The molecule has 1 N–H and O–H groups in total. The summed E-state index contributed by atoms with van der Waals surface area (Å²) in [4.78, 5) is 0. The first-order chi connectivity index (χ1) is 7.54. The lowest BCUT2D eigenvalue weighted by Crippen LogP contribution is -2.38. The van der Waals surface area contributed by atoms with E-state index in [-0.39, 0.29) is 0 Å². The molecule has 1 unspecified atom stereocenters. The van der Waals surface area contributed by atoms with Crippen molar-refractivity contribution >= 4 is 0 Å². The van der Waals surface area contributed by atoms with E-state index < -0.39 is 0 Å². The normalized spacial score (nSPS) is 25.9. The minimum absolute atomic E-state index is 0.430. The van der Waals surface area contributed by atoms with Crippen molar-refractivity contribution in [3.8, 4) is 0 Å². The van der Waals surface area contributed by atoms with Crippen LogP contribution in [-0.2, 0) is 4.74 Å². The van der Waals surface area contributed by atoms with E-state index in [1.54, 1.807) is 0 Å². The maximum absolute atomic E-state index is 5.61. The molecule has 0 amide bonds. The second-order valence-electron chi connectivity index (χ2n) is 6.12. The predicted molar refractivity (Wildman–Crippen MR) is 69.7 cm³/mol. The zero-order chi connectivity index (χ0) is 12.0. The van der Waals surface area contributed by atoms with Gasteiger partial charge in [-0.15, -0.1) is 0 Å². The SMILES string of the molecule is CC(C)CCCC1(CNC(C)C)CCOC1. The van der Waals surface area contributed by atoms with E-state index >= 15 is 0 Å². The van der Waals surface area contributed by atoms with Gasteiger partial charge < -0.3 is 10.1 Å². The van der Waals surface area contributed by atoms with Crippen molar-refractivity contribution in [2.24, 2.45) is 11.3 Å². The van der Waals surface area contributed by atoms with E-state index in [9.17, 15) is 0 Å². The molecule has 0 aromatic heterocycles. The van der Waals surface area contributed by atoms with Crippen LogP contribution in [0.3, 0.4) is 0 Å². The molecule has 0 aromatic rings. The molecular formula is C14H29NO. The molecule has 0 radical (unpaired) electrons. The highest BCUT2D eigenvalue weighted by Crippen LogP contribution is 2.34. The minimum Gasteiger partial charge on any atom is -0.381 e. The number of nitrogens with one attached hydrogen (secondary N) is 1. The Morgan fingerprint density at radius 2 is 2.00 bits per heavy atom. The van der Waals surface area contributed by atoms with Crippen LogP contribution in [0.5, 0.6) is 0 Å². The van der Waals surface area contributed by atoms with Crippen molar-refractivity contribution in [3.63, 3.8) is 0 Å². The Kier molecular flexibility index (Phi) is 5.77. The third kappa shape index (κ3) is 4.84. The van der Waals surface area contributed by atoms with Crippen LogP contribution >= 0.6 is 0 Å². The summed E-state index contributed by atoms with van der Waals surface area (Å²) in [5.41, 5.74) is 0.430. The van der Waals surface area contributed by atoms with Gasteiger partial charge in [0.25, 0.3) is 0 Å². The number of hydrogen-bond acceptors (Lipinski definition) is 2. The molecule has 96 valence electrons. The zero-order valence-corrected chi connectivity index (χ0v) is 11.5. The lowest BCUT2D eigenvalue weighted by molar-refractivity contribution is 0.139. The molecule has 1 aliphatic rings. The maximum Gasteiger partial charge on any atom is 0.0535 e. The van der Waals surface area contributed by atoms with Crippen LogP contribution in [0.25, 0.3) is 0 Å². The van der Waals surface area contributed by atoms with E-state index in [1.165, 1.54) is 25.7 Å². The lowest BCUT2D eigenvalue weighted by Gasteiger charge is -2.29. The first-order valence-corrected chi connectivity index (χ1v) is 6.85. The highest BCUT2D eigenvalue weighted by molar-refractivity contribution is 4.86. The molecule has 0 aliphatic carbocycles. The Hall–Kier alpha value is -0.0800. The van der Waals surface area contributed by atoms with Gasteiger partial charge in [-0.05, 0) is 18.8 Å². The van der Waals surface area contributed by atoms with Crippen molar-refractivity contribution in [2.75, 3.05) is 19.8 Å². The summed E-state index contributed by atoms with van der Waals surface area (Å²) < 4.78 is 5.61. The van der Waals surface area contributed by atoms with Gasteiger partial charge in [-0.1, -0.05) is 40.5 Å². The first kappa shape index (κ1) is 14.0. The van der Waals surface area contributed by atoms with Crippen LogP contribution in [0.1, 0.15) is 53.4 Å². The van der Waals surface area contributed by atoms with E-state index in [2.05, 4.69) is 33.0 Å². The van der Waals surface area contributed by atoms with Gasteiger partial charge in [-0.2, -0.15) is 0 Å². The fourth-order valence-corrected chi connectivity index (χ4v) is 2.38. The molecular weight excluding hydrogens is 198 g/mol. The molecule has 0 spiro atoms. The highest BCUT2D eigenvalue weighted by Gasteiger charge is 2.34. The highest BCUT2D eigenvalue weighted by atomic mass is 16.5. The van der Waals surface area contributed by atoms with Gasteiger partial charge in [0.05, 0.1) is 6.61 Å². The number of rotatable bonds is 7. The van der Waals surface area contributed by atoms with Crippen molar-refractivity contribution in [1.82, 2.24) is 5.32 Å². The standard InChI is InChI=1S/C14H29NO/c1-12(2)6-5-7-14(8-9-16-11-14)10-15-13(3)4/h12-13,15H,5-11H2,1-4H3. The molecule has 2 heteroatoms. The molecule has 1 fully saturated rings. The van der Waals surface area contributed by atoms with E-state index in [1.807, 2.05) is 0 Å². The van der Waals surface area contributed by atoms with Crippen molar-refractivity contribution in [1.29, 1.82) is 0 Å². The number of ether oxygens (including phenoxy) is 1. The van der Waals surface area contributed by atoms with Gasteiger partial charge in [0.15, 0.2) is 0 Å². The second-order valence-corrected chi connectivity index (χ2v) is 6.12. The summed E-state index contributed by atoms with van der Waals surface area (Å²) in [7, 11) is 0. The molecule has 1 aliphatic heterocycles. The molecule has 0 aromatic carbocycles. The van der Waals surface area contributed by atoms with Crippen LogP contribution in [0.2, 0.25) is 0 Å². The monoisotopic (exact) mass is 227 g/mol. The third-order valence-electron chi connectivity index (χ3n) is 3.56. The van der Waals surface area contributed by atoms with E-state index in [0.717, 1.165) is 25.7 Å². The van der Waals surface area contributed by atoms with Crippen molar-refractivity contribution in [2.45, 2.75) is 59.4 Å². The minimum atomic E-state index is 0.430. The Balaban J connectivity index is 2.33. The summed E-state index contributed by atoms with van der Waals surface area (Å²) in [6.07, 6.45) is 5.26. The average molecular weight is 227 g/mol. The van der Waals surface area contributed by atoms with Crippen LogP contribution in [0.4, 0.5) is 0 Å². The van der Waals surface area contributed by atoms with E-state index in [0.29, 0.717) is 11.5 Å². The van der Waals surface area contributed by atoms with Gasteiger partial charge in [0, 0.05) is 24.6 Å². The molecule has 1 saturated heterocycles. The van der Waals surface area contributed by atoms with E-state index in [4.69, 9.17) is 4.74 Å². The quantitative estimate of drug-likeness (QED) is 0.721. The van der Waals surface area contributed by atoms with Gasteiger partial charge in [-0.25, -0.2) is 0 Å². The van der Waals surface area contributed by atoms with Crippen LogP contribution < -0.4 is 5.32 Å². The van der Waals surface area contributed by atoms with Gasteiger partial charge in [0.2, 0.25) is 0 Å². The molecule has 16 heavy (non-hydrogen) atoms. The van der Waals surface area contributed by atoms with Gasteiger partial charge in [0.1, 0.15) is 0 Å².